The molecule has 2 heteroatoms. The number of allylic oxidation sites excluding steroid dienone is 2. The normalized spacial score (nSPS) is 18.4. The van der Waals surface area contributed by atoms with Gasteiger partial charge in [-0.2, -0.15) is 0 Å². The van der Waals surface area contributed by atoms with Crippen LogP contribution in [0.5, 0.6) is 0 Å². The van der Waals surface area contributed by atoms with Crippen molar-refractivity contribution in [1.82, 2.24) is 0 Å². The molecule has 0 unspecified atom stereocenters. The van der Waals surface area contributed by atoms with Crippen molar-refractivity contribution in [2.75, 3.05) is 0 Å². The quantitative estimate of drug-likeness (QED) is 0.627. The standard InChI is InChI=1S/C15H23O.Pd.2H2/c1-10-8-11(14(2,3)4)9-12(13(10)16)15(5,6)7;;;/h8-9,16H,1H2,2-7H3;;2*1H. The molecule has 0 saturated carbocycles. The van der Waals surface area contributed by atoms with E-state index in [1.807, 2.05) is 6.08 Å². The van der Waals surface area contributed by atoms with Crippen LogP contribution in [0.25, 0.3) is 0 Å². The van der Waals surface area contributed by atoms with Crippen LogP contribution in [0.1, 0.15) is 44.4 Å². The summed E-state index contributed by atoms with van der Waals surface area (Å²) in [6.07, 6.45) is 4.41. The van der Waals surface area contributed by atoms with Crippen LogP contribution in [0.4, 0.5) is 0 Å². The molecule has 0 heterocycles. The zero-order chi connectivity index (χ0) is 12.7. The summed E-state index contributed by atoms with van der Waals surface area (Å²) in [6, 6.07) is 0. The fraction of sp³-hybridized carbons (Fsp3) is 0.533. The molecule has 1 N–H and O–H groups in total. The minimum atomic E-state index is -0.0578. The number of hydrogen-bond donors (Lipinski definition) is 1. The summed E-state index contributed by atoms with van der Waals surface area (Å²) in [6.45, 7) is 16.7. The molecule has 0 aliphatic heterocycles. The van der Waals surface area contributed by atoms with Crippen molar-refractivity contribution < 1.29 is 28.4 Å². The van der Waals surface area contributed by atoms with Crippen molar-refractivity contribution in [1.29, 1.82) is 0 Å². The molecule has 1 aliphatic rings. The van der Waals surface area contributed by atoms with E-state index in [0.717, 1.165) is 11.1 Å². The van der Waals surface area contributed by atoms with E-state index in [0.29, 0.717) is 6.10 Å². The van der Waals surface area contributed by atoms with E-state index in [-0.39, 0.29) is 34.1 Å². The maximum Gasteiger partial charge on any atom is 0.148 e. The summed E-state index contributed by atoms with van der Waals surface area (Å²) in [7, 11) is 0. The van der Waals surface area contributed by atoms with Crippen molar-refractivity contribution in [3.63, 3.8) is 0 Å². The first-order valence-electron chi connectivity index (χ1n) is 5.73. The molecular weight excluding hydrogens is 303 g/mol. The molecular formula is C15H27OPd. The molecule has 17 heavy (non-hydrogen) atoms. The van der Waals surface area contributed by atoms with Gasteiger partial charge in [-0.05, 0) is 27.5 Å². The largest absolute Gasteiger partial charge is 0.377 e. The number of rotatable bonds is 0. The Labute approximate surface area is 122 Å². The Hall–Kier alpha value is -0.158. The van der Waals surface area contributed by atoms with Gasteiger partial charge in [0.1, 0.15) is 6.10 Å². The van der Waals surface area contributed by atoms with Gasteiger partial charge < -0.3 is 5.11 Å². The first kappa shape index (κ1) is 16.8. The smallest absolute Gasteiger partial charge is 0.148 e. The Balaban J connectivity index is -0.000000853. The Morgan fingerprint density at radius 1 is 1.00 bits per heavy atom. The third-order valence-electron chi connectivity index (χ3n) is 2.86. The van der Waals surface area contributed by atoms with Crippen LogP contribution in [-0.2, 0) is 20.4 Å². The van der Waals surface area contributed by atoms with E-state index >= 15 is 0 Å². The SMILES string of the molecule is C=C1C=C(C(C)(C)C)C=C(C(C)(C)C)[C]1O.[HH].[HH].[Pd]. The first-order chi connectivity index (χ1) is 7.03. The summed E-state index contributed by atoms with van der Waals surface area (Å²) < 4.78 is 0. The molecule has 1 nitrogen and oxygen atoms in total. The zero-order valence-corrected chi connectivity index (χ0v) is 13.2. The molecule has 1 rings (SSSR count). The van der Waals surface area contributed by atoms with E-state index in [1.165, 1.54) is 5.57 Å². The number of hydrogen-bond acceptors (Lipinski definition) is 1. The molecule has 103 valence electrons. The molecule has 1 aliphatic carbocycles. The Kier molecular flexibility index (Phi) is 5.18. The molecule has 0 atom stereocenters. The molecule has 0 spiro atoms. The van der Waals surface area contributed by atoms with Crippen LogP contribution in [0.15, 0.2) is 35.5 Å². The molecule has 0 aromatic rings. The van der Waals surface area contributed by atoms with Crippen molar-refractivity contribution in [2.24, 2.45) is 10.8 Å². The third kappa shape index (κ3) is 3.92. The van der Waals surface area contributed by atoms with Crippen LogP contribution in [0.3, 0.4) is 0 Å². The maximum absolute atomic E-state index is 10.1. The van der Waals surface area contributed by atoms with Crippen LogP contribution >= 0.6 is 0 Å². The predicted molar refractivity (Wildman–Crippen MR) is 73.6 cm³/mol. The molecule has 0 saturated heterocycles. The predicted octanol–water partition coefficient (Wildman–Crippen LogP) is 4.90. The fourth-order valence-electron chi connectivity index (χ4n) is 1.70. The first-order valence-corrected chi connectivity index (χ1v) is 5.73. The summed E-state index contributed by atoms with van der Waals surface area (Å²) in [5, 5.41) is 10.1. The van der Waals surface area contributed by atoms with Crippen molar-refractivity contribution >= 4 is 0 Å². The fourth-order valence-corrected chi connectivity index (χ4v) is 1.70. The zero-order valence-electron chi connectivity index (χ0n) is 11.6. The Morgan fingerprint density at radius 3 is 1.82 bits per heavy atom. The van der Waals surface area contributed by atoms with Crippen LogP contribution in [-0.4, -0.2) is 5.11 Å². The molecule has 0 amide bonds. The minimum Gasteiger partial charge on any atom is -0.377 e. The maximum atomic E-state index is 10.1. The Bertz CT molecular complexity index is 371. The minimum absolute atomic E-state index is 0. The van der Waals surface area contributed by atoms with Crippen molar-refractivity contribution in [2.45, 2.75) is 41.5 Å². The van der Waals surface area contributed by atoms with Gasteiger partial charge >= 0.3 is 0 Å². The summed E-state index contributed by atoms with van der Waals surface area (Å²) in [5.74, 6) is 0. The van der Waals surface area contributed by atoms with Gasteiger partial charge in [-0.25, -0.2) is 0 Å². The van der Waals surface area contributed by atoms with Gasteiger partial charge in [0, 0.05) is 23.3 Å². The van der Waals surface area contributed by atoms with Gasteiger partial charge in [-0.3, -0.25) is 0 Å². The Morgan fingerprint density at radius 2 is 1.47 bits per heavy atom. The van der Waals surface area contributed by atoms with Crippen LogP contribution in [0, 0.1) is 16.9 Å². The van der Waals surface area contributed by atoms with E-state index in [9.17, 15) is 5.11 Å². The molecule has 0 aromatic carbocycles. The third-order valence-corrected chi connectivity index (χ3v) is 2.86. The van der Waals surface area contributed by atoms with Gasteiger partial charge in [0.2, 0.25) is 0 Å². The second kappa shape index (κ2) is 5.23. The molecule has 0 fully saturated rings. The van der Waals surface area contributed by atoms with Gasteiger partial charge in [-0.15, -0.1) is 0 Å². The second-order valence-corrected chi connectivity index (χ2v) is 6.53. The van der Waals surface area contributed by atoms with E-state index in [4.69, 9.17) is 0 Å². The summed E-state index contributed by atoms with van der Waals surface area (Å²) >= 11 is 0. The van der Waals surface area contributed by atoms with Gasteiger partial charge in [0.25, 0.3) is 0 Å². The molecule has 1 radical (unpaired) electrons. The van der Waals surface area contributed by atoms with Gasteiger partial charge in [0.05, 0.1) is 0 Å². The molecule has 0 aromatic heterocycles. The monoisotopic (exact) mass is 329 g/mol. The summed E-state index contributed by atoms with van der Waals surface area (Å²) in [5.41, 5.74) is 2.94. The van der Waals surface area contributed by atoms with E-state index in [2.05, 4.69) is 54.2 Å². The van der Waals surface area contributed by atoms with Crippen LogP contribution in [0.2, 0.25) is 0 Å². The average Bonchev–Trinajstić information content (AvgIpc) is 2.05. The van der Waals surface area contributed by atoms with E-state index in [1.54, 1.807) is 0 Å². The van der Waals surface area contributed by atoms with Crippen molar-refractivity contribution in [3.8, 4) is 0 Å². The number of aliphatic hydroxyl groups is 1. The van der Waals surface area contributed by atoms with Gasteiger partial charge in [-0.1, -0.05) is 60.3 Å². The molecule has 0 bridgehead atoms. The van der Waals surface area contributed by atoms with E-state index < -0.39 is 0 Å². The number of aliphatic hydroxyl groups excluding tert-OH is 1. The van der Waals surface area contributed by atoms with Crippen molar-refractivity contribution in [3.05, 3.63) is 41.6 Å². The second-order valence-electron chi connectivity index (χ2n) is 6.53. The van der Waals surface area contributed by atoms with Crippen LogP contribution < -0.4 is 0 Å². The topological polar surface area (TPSA) is 20.2 Å². The summed E-state index contributed by atoms with van der Waals surface area (Å²) in [4.78, 5) is 0. The average molecular weight is 330 g/mol. The van der Waals surface area contributed by atoms with Gasteiger partial charge in [0.15, 0.2) is 0 Å².